The number of nitrogens with zero attached hydrogens (tertiary/aromatic N) is 2. The lowest BCUT2D eigenvalue weighted by atomic mass is 10.0. The molecular weight excluding hydrogens is 418 g/mol. The number of hydrogen-bond acceptors (Lipinski definition) is 3. The zero-order chi connectivity index (χ0) is 20.3. The minimum Gasteiger partial charge on any atom is -0.339 e. The van der Waals surface area contributed by atoms with E-state index in [1.807, 2.05) is 43.1 Å². The number of carbonyl (C=O) groups excluding carboxylic acids is 2. The van der Waals surface area contributed by atoms with Crippen LogP contribution in [-0.2, 0) is 0 Å². The molecule has 2 aromatic rings. The van der Waals surface area contributed by atoms with Gasteiger partial charge in [0.15, 0.2) is 0 Å². The highest BCUT2D eigenvalue weighted by Gasteiger charge is 2.25. The SMILES string of the molecule is Cc1ccc(C(=O)N(C)C2CCN(C)CC2)cc1NC(=O)c1ccc(Br)cc1. The molecule has 3 rings (SSSR count). The molecule has 1 heterocycles. The molecule has 28 heavy (non-hydrogen) atoms. The van der Waals surface area contributed by atoms with E-state index in [2.05, 4.69) is 33.2 Å². The predicted molar refractivity (Wildman–Crippen MR) is 116 cm³/mol. The number of carbonyl (C=O) groups is 2. The van der Waals surface area contributed by atoms with Crippen molar-refractivity contribution >= 4 is 33.4 Å². The second-order valence-corrected chi connectivity index (χ2v) is 8.36. The van der Waals surface area contributed by atoms with E-state index in [9.17, 15) is 9.59 Å². The summed E-state index contributed by atoms with van der Waals surface area (Å²) in [7, 11) is 3.98. The minimum absolute atomic E-state index is 0.00584. The Morgan fingerprint density at radius 2 is 1.68 bits per heavy atom. The van der Waals surface area contributed by atoms with E-state index in [1.165, 1.54) is 0 Å². The van der Waals surface area contributed by atoms with Crippen LogP contribution in [0.5, 0.6) is 0 Å². The lowest BCUT2D eigenvalue weighted by molar-refractivity contribution is 0.0659. The van der Waals surface area contributed by atoms with Gasteiger partial charge in [0.1, 0.15) is 0 Å². The molecular formula is C22H26BrN3O2. The van der Waals surface area contributed by atoms with Crippen molar-refractivity contribution in [1.29, 1.82) is 0 Å². The lowest BCUT2D eigenvalue weighted by Crippen LogP contribution is -2.44. The Morgan fingerprint density at radius 1 is 1.07 bits per heavy atom. The number of benzene rings is 2. The first kappa shape index (κ1) is 20.6. The monoisotopic (exact) mass is 443 g/mol. The van der Waals surface area contributed by atoms with Gasteiger partial charge in [-0.15, -0.1) is 0 Å². The molecule has 1 fully saturated rings. The molecule has 1 saturated heterocycles. The van der Waals surface area contributed by atoms with Crippen LogP contribution in [0.2, 0.25) is 0 Å². The molecule has 1 aliphatic rings. The van der Waals surface area contributed by atoms with E-state index in [1.54, 1.807) is 18.2 Å². The van der Waals surface area contributed by atoms with Crippen LogP contribution in [0.3, 0.4) is 0 Å². The van der Waals surface area contributed by atoms with E-state index >= 15 is 0 Å². The number of anilines is 1. The first-order chi connectivity index (χ1) is 13.3. The van der Waals surface area contributed by atoms with Crippen molar-refractivity contribution in [3.05, 3.63) is 63.6 Å². The molecule has 0 unspecified atom stereocenters. The molecule has 0 spiro atoms. The maximum absolute atomic E-state index is 13.0. The van der Waals surface area contributed by atoms with Gasteiger partial charge in [0.05, 0.1) is 0 Å². The van der Waals surface area contributed by atoms with Gasteiger partial charge in [-0.3, -0.25) is 9.59 Å². The Morgan fingerprint density at radius 3 is 2.32 bits per heavy atom. The van der Waals surface area contributed by atoms with Gasteiger partial charge >= 0.3 is 0 Å². The molecule has 0 aromatic heterocycles. The highest BCUT2D eigenvalue weighted by atomic mass is 79.9. The second kappa shape index (κ2) is 8.88. The first-order valence-electron chi connectivity index (χ1n) is 9.48. The summed E-state index contributed by atoms with van der Waals surface area (Å²) in [6.07, 6.45) is 1.97. The van der Waals surface area contributed by atoms with Crippen molar-refractivity contribution in [3.63, 3.8) is 0 Å². The highest BCUT2D eigenvalue weighted by Crippen LogP contribution is 2.22. The number of amides is 2. The smallest absolute Gasteiger partial charge is 0.255 e. The number of nitrogens with one attached hydrogen (secondary N) is 1. The van der Waals surface area contributed by atoms with Crippen molar-refractivity contribution in [2.24, 2.45) is 0 Å². The molecule has 0 saturated carbocycles. The summed E-state index contributed by atoms with van der Waals surface area (Å²) in [5.74, 6) is -0.197. The molecule has 0 bridgehead atoms. The van der Waals surface area contributed by atoms with Gasteiger partial charge in [0.25, 0.3) is 11.8 Å². The number of likely N-dealkylation sites (tertiary alicyclic amines) is 1. The molecule has 2 amide bonds. The third kappa shape index (κ3) is 4.80. The Labute approximate surface area is 174 Å². The van der Waals surface area contributed by atoms with Gasteiger partial charge in [-0.25, -0.2) is 0 Å². The Balaban J connectivity index is 1.74. The zero-order valence-corrected chi connectivity index (χ0v) is 18.1. The zero-order valence-electron chi connectivity index (χ0n) is 16.5. The van der Waals surface area contributed by atoms with Crippen LogP contribution >= 0.6 is 15.9 Å². The maximum atomic E-state index is 13.0. The molecule has 0 aliphatic carbocycles. The van der Waals surface area contributed by atoms with Crippen molar-refractivity contribution < 1.29 is 9.59 Å². The topological polar surface area (TPSA) is 52.7 Å². The molecule has 148 valence electrons. The number of hydrogen-bond donors (Lipinski definition) is 1. The second-order valence-electron chi connectivity index (χ2n) is 7.44. The summed E-state index contributed by atoms with van der Waals surface area (Å²) in [4.78, 5) is 29.7. The Kier molecular flexibility index (Phi) is 6.52. The first-order valence-corrected chi connectivity index (χ1v) is 10.3. The summed E-state index contributed by atoms with van der Waals surface area (Å²) in [6, 6.07) is 12.9. The summed E-state index contributed by atoms with van der Waals surface area (Å²) in [5, 5.41) is 2.93. The van der Waals surface area contributed by atoms with Crippen LogP contribution in [0.4, 0.5) is 5.69 Å². The van der Waals surface area contributed by atoms with Crippen molar-refractivity contribution in [3.8, 4) is 0 Å². The standard InChI is InChI=1S/C22H26BrN3O2/c1-15-4-5-17(22(28)26(3)19-10-12-25(2)13-11-19)14-20(15)24-21(27)16-6-8-18(23)9-7-16/h4-9,14,19H,10-13H2,1-3H3,(H,24,27). The van der Waals surface area contributed by atoms with Gasteiger partial charge < -0.3 is 15.1 Å². The lowest BCUT2D eigenvalue weighted by Gasteiger charge is -2.35. The average Bonchev–Trinajstić information content (AvgIpc) is 2.69. The van der Waals surface area contributed by atoms with Crippen LogP contribution in [0.25, 0.3) is 0 Å². The maximum Gasteiger partial charge on any atom is 0.255 e. The van der Waals surface area contributed by atoms with Crippen molar-refractivity contribution in [1.82, 2.24) is 9.80 Å². The normalized spacial score (nSPS) is 15.3. The number of halogens is 1. The van der Waals surface area contributed by atoms with E-state index in [-0.39, 0.29) is 17.9 Å². The van der Waals surface area contributed by atoms with E-state index in [0.29, 0.717) is 16.8 Å². The van der Waals surface area contributed by atoms with Crippen molar-refractivity contribution in [2.75, 3.05) is 32.5 Å². The van der Waals surface area contributed by atoms with E-state index in [0.717, 1.165) is 36.0 Å². The number of rotatable bonds is 4. The highest BCUT2D eigenvalue weighted by molar-refractivity contribution is 9.10. The fourth-order valence-corrected chi connectivity index (χ4v) is 3.70. The van der Waals surface area contributed by atoms with Gasteiger partial charge in [-0.05, 0) is 81.9 Å². The van der Waals surface area contributed by atoms with Crippen LogP contribution in [0.15, 0.2) is 46.9 Å². The summed E-state index contributed by atoms with van der Waals surface area (Å²) in [5.41, 5.74) is 2.75. The van der Waals surface area contributed by atoms with E-state index < -0.39 is 0 Å². The largest absolute Gasteiger partial charge is 0.339 e. The van der Waals surface area contributed by atoms with Crippen LogP contribution in [0.1, 0.15) is 39.1 Å². The van der Waals surface area contributed by atoms with Gasteiger partial charge in [0, 0.05) is 34.4 Å². The predicted octanol–water partition coefficient (Wildman–Crippen LogP) is 4.18. The molecule has 0 radical (unpaired) electrons. The van der Waals surface area contributed by atoms with E-state index in [4.69, 9.17) is 0 Å². The molecule has 1 N–H and O–H groups in total. The fraction of sp³-hybridized carbons (Fsp3) is 0.364. The summed E-state index contributed by atoms with van der Waals surface area (Å²) >= 11 is 3.37. The van der Waals surface area contributed by atoms with Crippen molar-refractivity contribution in [2.45, 2.75) is 25.8 Å². The van der Waals surface area contributed by atoms with Crippen LogP contribution in [0, 0.1) is 6.92 Å². The van der Waals surface area contributed by atoms with Crippen LogP contribution in [-0.4, -0.2) is 54.8 Å². The third-order valence-corrected chi connectivity index (χ3v) is 5.92. The van der Waals surface area contributed by atoms with Gasteiger partial charge in [-0.2, -0.15) is 0 Å². The quantitative estimate of drug-likeness (QED) is 0.770. The minimum atomic E-state index is -0.191. The van der Waals surface area contributed by atoms with Gasteiger partial charge in [-0.1, -0.05) is 22.0 Å². The van der Waals surface area contributed by atoms with Gasteiger partial charge in [0.2, 0.25) is 0 Å². The number of aryl methyl sites for hydroxylation is 1. The summed E-state index contributed by atoms with van der Waals surface area (Å²) < 4.78 is 0.921. The third-order valence-electron chi connectivity index (χ3n) is 5.40. The molecule has 5 nitrogen and oxygen atoms in total. The molecule has 1 aliphatic heterocycles. The Hall–Kier alpha value is -2.18. The molecule has 0 atom stereocenters. The molecule has 6 heteroatoms. The average molecular weight is 444 g/mol. The van der Waals surface area contributed by atoms with Crippen LogP contribution < -0.4 is 5.32 Å². The fourth-order valence-electron chi connectivity index (χ4n) is 3.44. The molecule has 2 aromatic carbocycles. The number of piperidine rings is 1. The summed E-state index contributed by atoms with van der Waals surface area (Å²) in [6.45, 7) is 3.93. The Bertz CT molecular complexity index is 859.